The van der Waals surface area contributed by atoms with E-state index < -0.39 is 0 Å². The number of benzene rings is 1. The molecule has 6 nitrogen and oxygen atoms in total. The van der Waals surface area contributed by atoms with Gasteiger partial charge in [0, 0.05) is 24.9 Å². The summed E-state index contributed by atoms with van der Waals surface area (Å²) >= 11 is 0. The van der Waals surface area contributed by atoms with Crippen LogP contribution in [0.2, 0.25) is 0 Å². The van der Waals surface area contributed by atoms with Crippen molar-refractivity contribution in [3.63, 3.8) is 0 Å². The van der Waals surface area contributed by atoms with E-state index in [0.29, 0.717) is 18.7 Å². The summed E-state index contributed by atoms with van der Waals surface area (Å²) in [5.74, 6) is 0.619. The molecule has 0 aliphatic carbocycles. The standard InChI is InChI=1S/C15H17N3O3/c1-20-12-6-13(17-7-12)15(19)18-11-4-2-3-10(5-11)14-8-16-9-21-14/h2-5,8-9,12-13,17H,6-7H2,1H3,(H,18,19). The lowest BCUT2D eigenvalue weighted by atomic mass is 10.1. The zero-order chi connectivity index (χ0) is 14.7. The summed E-state index contributed by atoms with van der Waals surface area (Å²) in [6, 6.07) is 7.27. The van der Waals surface area contributed by atoms with E-state index in [1.54, 1.807) is 13.3 Å². The van der Waals surface area contributed by atoms with Gasteiger partial charge in [0.2, 0.25) is 5.91 Å². The molecule has 3 rings (SSSR count). The van der Waals surface area contributed by atoms with Crippen LogP contribution < -0.4 is 10.6 Å². The molecular formula is C15H17N3O3. The van der Waals surface area contributed by atoms with Crippen molar-refractivity contribution in [1.29, 1.82) is 0 Å². The molecule has 6 heteroatoms. The fourth-order valence-corrected chi connectivity index (χ4v) is 2.42. The van der Waals surface area contributed by atoms with Crippen LogP contribution in [0.3, 0.4) is 0 Å². The van der Waals surface area contributed by atoms with Gasteiger partial charge in [0.05, 0.1) is 18.3 Å². The van der Waals surface area contributed by atoms with Crippen molar-refractivity contribution in [1.82, 2.24) is 10.3 Å². The summed E-state index contributed by atoms with van der Waals surface area (Å²) < 4.78 is 10.5. The van der Waals surface area contributed by atoms with Gasteiger partial charge in [0.25, 0.3) is 0 Å². The van der Waals surface area contributed by atoms with Gasteiger partial charge in [-0.1, -0.05) is 12.1 Å². The van der Waals surface area contributed by atoms with Crippen LogP contribution in [0.4, 0.5) is 5.69 Å². The van der Waals surface area contributed by atoms with Gasteiger partial charge in [0.15, 0.2) is 12.2 Å². The monoisotopic (exact) mass is 287 g/mol. The fourth-order valence-electron chi connectivity index (χ4n) is 2.42. The highest BCUT2D eigenvalue weighted by Crippen LogP contribution is 2.22. The van der Waals surface area contributed by atoms with Crippen molar-refractivity contribution >= 4 is 11.6 Å². The second-order valence-electron chi connectivity index (χ2n) is 4.99. The normalized spacial score (nSPS) is 21.4. The quantitative estimate of drug-likeness (QED) is 0.894. The number of amides is 1. The molecule has 2 atom stereocenters. The van der Waals surface area contributed by atoms with Gasteiger partial charge in [-0.2, -0.15) is 0 Å². The Morgan fingerprint density at radius 3 is 3.14 bits per heavy atom. The number of oxazole rings is 1. The lowest BCUT2D eigenvalue weighted by molar-refractivity contribution is -0.118. The Morgan fingerprint density at radius 2 is 2.43 bits per heavy atom. The SMILES string of the molecule is COC1CNC(C(=O)Nc2cccc(-c3cnco3)c2)C1. The lowest BCUT2D eigenvalue weighted by Gasteiger charge is -2.11. The molecule has 0 bridgehead atoms. The Balaban J connectivity index is 1.68. The van der Waals surface area contributed by atoms with E-state index in [2.05, 4.69) is 15.6 Å². The van der Waals surface area contributed by atoms with E-state index in [0.717, 1.165) is 11.3 Å². The van der Waals surface area contributed by atoms with Gasteiger partial charge in [-0.25, -0.2) is 4.98 Å². The van der Waals surface area contributed by atoms with Gasteiger partial charge in [-0.05, 0) is 18.6 Å². The molecule has 0 spiro atoms. The first-order valence-electron chi connectivity index (χ1n) is 6.82. The average molecular weight is 287 g/mol. The first-order valence-corrected chi connectivity index (χ1v) is 6.82. The first kappa shape index (κ1) is 13.8. The molecule has 1 aromatic heterocycles. The molecular weight excluding hydrogens is 270 g/mol. The minimum Gasteiger partial charge on any atom is -0.444 e. The molecule has 2 aromatic rings. The lowest BCUT2D eigenvalue weighted by Crippen LogP contribution is -2.35. The van der Waals surface area contributed by atoms with Gasteiger partial charge in [-0.15, -0.1) is 0 Å². The molecule has 1 aliphatic heterocycles. The second kappa shape index (κ2) is 6.07. The highest BCUT2D eigenvalue weighted by atomic mass is 16.5. The smallest absolute Gasteiger partial charge is 0.241 e. The second-order valence-corrected chi connectivity index (χ2v) is 4.99. The fraction of sp³-hybridized carbons (Fsp3) is 0.333. The molecule has 21 heavy (non-hydrogen) atoms. The molecule has 2 N–H and O–H groups in total. The molecule has 1 aromatic carbocycles. The predicted molar refractivity (Wildman–Crippen MR) is 77.8 cm³/mol. The van der Waals surface area contributed by atoms with Gasteiger partial charge in [0.1, 0.15) is 0 Å². The van der Waals surface area contributed by atoms with Gasteiger partial charge >= 0.3 is 0 Å². The molecule has 0 saturated carbocycles. The third kappa shape index (κ3) is 3.12. The summed E-state index contributed by atoms with van der Waals surface area (Å²) in [5, 5.41) is 6.07. The third-order valence-corrected chi connectivity index (χ3v) is 3.59. The van der Waals surface area contributed by atoms with Crippen LogP contribution in [0.5, 0.6) is 0 Å². The highest BCUT2D eigenvalue weighted by Gasteiger charge is 2.29. The van der Waals surface area contributed by atoms with Crippen LogP contribution in [0.1, 0.15) is 6.42 Å². The van der Waals surface area contributed by atoms with Crippen molar-refractivity contribution in [3.05, 3.63) is 36.9 Å². The van der Waals surface area contributed by atoms with Crippen molar-refractivity contribution in [2.45, 2.75) is 18.6 Å². The van der Waals surface area contributed by atoms with E-state index in [4.69, 9.17) is 9.15 Å². The summed E-state index contributed by atoms with van der Waals surface area (Å²) in [4.78, 5) is 16.1. The number of methoxy groups -OCH3 is 1. The minimum absolute atomic E-state index is 0.0516. The van der Waals surface area contributed by atoms with E-state index in [-0.39, 0.29) is 18.1 Å². The van der Waals surface area contributed by atoms with Crippen LogP contribution in [-0.4, -0.2) is 36.7 Å². The molecule has 1 aliphatic rings. The van der Waals surface area contributed by atoms with Crippen molar-refractivity contribution < 1.29 is 13.9 Å². The number of aromatic nitrogens is 1. The van der Waals surface area contributed by atoms with Crippen LogP contribution in [0, 0.1) is 0 Å². The van der Waals surface area contributed by atoms with Gasteiger partial charge in [-0.3, -0.25) is 4.79 Å². The molecule has 1 fully saturated rings. The minimum atomic E-state index is -0.219. The number of nitrogens with zero attached hydrogens (tertiary/aromatic N) is 1. The molecule has 2 heterocycles. The maximum atomic E-state index is 12.2. The van der Waals surface area contributed by atoms with Gasteiger partial charge < -0.3 is 19.8 Å². The number of ether oxygens (including phenoxy) is 1. The summed E-state index contributed by atoms with van der Waals surface area (Å²) in [7, 11) is 1.66. The molecule has 1 amide bonds. The average Bonchev–Trinajstić information content (AvgIpc) is 3.19. The number of nitrogens with one attached hydrogen (secondary N) is 2. The summed E-state index contributed by atoms with van der Waals surface area (Å²) in [6.07, 6.45) is 3.81. The molecule has 110 valence electrons. The van der Waals surface area contributed by atoms with Crippen LogP contribution >= 0.6 is 0 Å². The first-order chi connectivity index (χ1) is 10.3. The largest absolute Gasteiger partial charge is 0.444 e. The number of carbonyl (C=O) groups is 1. The predicted octanol–water partition coefficient (Wildman–Crippen LogP) is 1.66. The van der Waals surface area contributed by atoms with E-state index in [9.17, 15) is 4.79 Å². The number of hydrogen-bond acceptors (Lipinski definition) is 5. The van der Waals surface area contributed by atoms with E-state index >= 15 is 0 Å². The zero-order valence-corrected chi connectivity index (χ0v) is 11.7. The number of carbonyl (C=O) groups excluding carboxylic acids is 1. The van der Waals surface area contributed by atoms with Crippen LogP contribution in [0.15, 0.2) is 41.3 Å². The maximum Gasteiger partial charge on any atom is 0.241 e. The Morgan fingerprint density at radius 1 is 1.52 bits per heavy atom. The Labute approximate surface area is 122 Å². The molecule has 0 radical (unpaired) electrons. The number of rotatable bonds is 4. The zero-order valence-electron chi connectivity index (χ0n) is 11.7. The van der Waals surface area contributed by atoms with Crippen LogP contribution in [-0.2, 0) is 9.53 Å². The number of hydrogen-bond donors (Lipinski definition) is 2. The maximum absolute atomic E-state index is 12.2. The van der Waals surface area contributed by atoms with Crippen molar-refractivity contribution in [2.75, 3.05) is 19.0 Å². The number of anilines is 1. The summed E-state index contributed by atoms with van der Waals surface area (Å²) in [6.45, 7) is 0.701. The Hall–Kier alpha value is -2.18. The Kier molecular flexibility index (Phi) is 3.98. The highest BCUT2D eigenvalue weighted by molar-refractivity contribution is 5.95. The van der Waals surface area contributed by atoms with E-state index in [1.165, 1.54) is 6.39 Å². The molecule has 1 saturated heterocycles. The topological polar surface area (TPSA) is 76.4 Å². The Bertz CT molecular complexity index is 612. The summed E-state index contributed by atoms with van der Waals surface area (Å²) in [5.41, 5.74) is 1.61. The third-order valence-electron chi connectivity index (χ3n) is 3.59. The van der Waals surface area contributed by atoms with E-state index in [1.807, 2.05) is 24.3 Å². The molecule has 2 unspecified atom stereocenters. The van der Waals surface area contributed by atoms with Crippen molar-refractivity contribution in [3.8, 4) is 11.3 Å². The van der Waals surface area contributed by atoms with Crippen molar-refractivity contribution in [2.24, 2.45) is 0 Å². The van der Waals surface area contributed by atoms with Crippen LogP contribution in [0.25, 0.3) is 11.3 Å².